The van der Waals surface area contributed by atoms with Gasteiger partial charge in [0.1, 0.15) is 24.2 Å². The summed E-state index contributed by atoms with van der Waals surface area (Å²) in [7, 11) is 0. The topological polar surface area (TPSA) is 204 Å². The van der Waals surface area contributed by atoms with Crippen molar-refractivity contribution in [2.75, 3.05) is 19.7 Å². The quantitative estimate of drug-likeness (QED) is 0.168. The Morgan fingerprint density at radius 3 is 2.59 bits per heavy atom. The molecular weight excluding hydrogens is 480 g/mol. The highest BCUT2D eigenvalue weighted by molar-refractivity contribution is 5.95. The number of rotatable bonds is 13. The minimum Gasteiger partial charge on any atom is -0.480 e. The number of aliphatic carboxylic acids is 1. The molecule has 0 unspecified atom stereocenters. The number of carboxylic acids is 1. The number of nitrogens with one attached hydrogen (secondary N) is 3. The third-order valence-corrected chi connectivity index (χ3v) is 6.65. The fourth-order valence-corrected chi connectivity index (χ4v) is 4.60. The van der Waals surface area contributed by atoms with E-state index < -0.39 is 54.5 Å². The van der Waals surface area contributed by atoms with E-state index in [9.17, 15) is 29.4 Å². The summed E-state index contributed by atoms with van der Waals surface area (Å²) in [5.74, 6) is -2.86. The number of aliphatic hydroxyl groups excluding tert-OH is 1. The number of amides is 3. The number of benzene rings is 1. The van der Waals surface area contributed by atoms with Crippen molar-refractivity contribution in [3.8, 4) is 0 Å². The molecule has 12 nitrogen and oxygen atoms in total. The van der Waals surface area contributed by atoms with Crippen LogP contribution >= 0.6 is 0 Å². The number of H-pyrrole nitrogens is 1. The number of carboxylic acid groups (broad SMARTS) is 1. The van der Waals surface area contributed by atoms with Crippen LogP contribution in [0.15, 0.2) is 30.5 Å². The number of carbonyl (C=O) groups is 4. The molecule has 37 heavy (non-hydrogen) atoms. The second-order valence-corrected chi connectivity index (χ2v) is 9.29. The van der Waals surface area contributed by atoms with E-state index in [1.54, 1.807) is 6.20 Å². The Labute approximate surface area is 214 Å². The molecule has 1 aliphatic heterocycles. The molecule has 0 bridgehead atoms. The van der Waals surface area contributed by atoms with Gasteiger partial charge >= 0.3 is 5.97 Å². The van der Waals surface area contributed by atoms with Crippen LogP contribution in [0, 0.1) is 0 Å². The first-order chi connectivity index (χ1) is 17.8. The number of unbranched alkanes of at least 4 members (excludes halogenated alkanes) is 1. The first kappa shape index (κ1) is 28.1. The molecular formula is C25H36N6O6. The maximum Gasteiger partial charge on any atom is 0.326 e. The molecule has 1 saturated heterocycles. The van der Waals surface area contributed by atoms with E-state index >= 15 is 0 Å². The number of aromatic amines is 1. The SMILES string of the molecule is NCCCC[C@H](NC(=O)[C@@H]1CCCN1C(=O)[C@H](Cc1c[nH]c2ccccc12)NC(=O)[C@@H](N)CO)C(=O)O. The van der Waals surface area contributed by atoms with Crippen LogP contribution in [0.5, 0.6) is 0 Å². The smallest absolute Gasteiger partial charge is 0.326 e. The van der Waals surface area contributed by atoms with Crippen LogP contribution < -0.4 is 22.1 Å². The minimum absolute atomic E-state index is 0.133. The van der Waals surface area contributed by atoms with Gasteiger partial charge in [-0.2, -0.15) is 0 Å². The molecule has 0 aliphatic carbocycles. The lowest BCUT2D eigenvalue weighted by molar-refractivity contribution is -0.145. The number of fused-ring (bicyclic) bond motifs is 1. The molecule has 202 valence electrons. The van der Waals surface area contributed by atoms with Crippen molar-refractivity contribution in [1.82, 2.24) is 20.5 Å². The van der Waals surface area contributed by atoms with Crippen molar-refractivity contribution in [3.05, 3.63) is 36.0 Å². The van der Waals surface area contributed by atoms with Crippen LogP contribution in [0.25, 0.3) is 10.9 Å². The van der Waals surface area contributed by atoms with Gasteiger partial charge < -0.3 is 42.2 Å². The summed E-state index contributed by atoms with van der Waals surface area (Å²) in [5, 5.41) is 24.9. The first-order valence-corrected chi connectivity index (χ1v) is 12.5. The summed E-state index contributed by atoms with van der Waals surface area (Å²) in [4.78, 5) is 55.5. The van der Waals surface area contributed by atoms with Gasteiger partial charge in [0.15, 0.2) is 0 Å². The molecule has 1 aromatic carbocycles. The Hall–Kier alpha value is -3.48. The van der Waals surface area contributed by atoms with Gasteiger partial charge in [-0.1, -0.05) is 18.2 Å². The summed E-state index contributed by atoms with van der Waals surface area (Å²) >= 11 is 0. The normalized spacial score (nSPS) is 17.8. The molecule has 1 aliphatic rings. The van der Waals surface area contributed by atoms with E-state index in [4.69, 9.17) is 11.5 Å². The Morgan fingerprint density at radius 1 is 1.14 bits per heavy atom. The summed E-state index contributed by atoms with van der Waals surface area (Å²) < 4.78 is 0. The van der Waals surface area contributed by atoms with E-state index in [1.165, 1.54) is 4.90 Å². The van der Waals surface area contributed by atoms with E-state index in [-0.39, 0.29) is 19.4 Å². The van der Waals surface area contributed by atoms with Gasteiger partial charge in [0.2, 0.25) is 17.7 Å². The number of aromatic nitrogens is 1. The van der Waals surface area contributed by atoms with Crippen molar-refractivity contribution < 1.29 is 29.4 Å². The van der Waals surface area contributed by atoms with E-state index in [0.717, 1.165) is 16.5 Å². The van der Waals surface area contributed by atoms with Crippen LogP contribution in [0.4, 0.5) is 0 Å². The van der Waals surface area contributed by atoms with Gasteiger partial charge in [-0.25, -0.2) is 4.79 Å². The molecule has 0 saturated carbocycles. The van der Waals surface area contributed by atoms with Crippen LogP contribution in [0.1, 0.15) is 37.7 Å². The van der Waals surface area contributed by atoms with Gasteiger partial charge in [-0.15, -0.1) is 0 Å². The zero-order valence-electron chi connectivity index (χ0n) is 20.7. The molecule has 1 fully saturated rings. The van der Waals surface area contributed by atoms with E-state index in [2.05, 4.69) is 15.6 Å². The maximum atomic E-state index is 13.7. The second-order valence-electron chi connectivity index (χ2n) is 9.29. The number of nitrogens with two attached hydrogens (primary N) is 2. The highest BCUT2D eigenvalue weighted by atomic mass is 16.4. The summed E-state index contributed by atoms with van der Waals surface area (Å²) in [6.07, 6.45) is 4.24. The second kappa shape index (κ2) is 13.2. The van der Waals surface area contributed by atoms with Crippen LogP contribution in [-0.4, -0.2) is 87.7 Å². The third kappa shape index (κ3) is 7.06. The molecule has 2 heterocycles. The Morgan fingerprint density at radius 2 is 1.89 bits per heavy atom. The zero-order valence-corrected chi connectivity index (χ0v) is 20.7. The average Bonchev–Trinajstić information content (AvgIpc) is 3.54. The number of hydrogen-bond donors (Lipinski definition) is 7. The number of nitrogens with zero attached hydrogens (tertiary/aromatic N) is 1. The molecule has 4 atom stereocenters. The van der Waals surface area contributed by atoms with Crippen molar-refractivity contribution >= 4 is 34.6 Å². The van der Waals surface area contributed by atoms with Gasteiger partial charge in [0.25, 0.3) is 0 Å². The molecule has 1 aromatic heterocycles. The maximum absolute atomic E-state index is 13.7. The van der Waals surface area contributed by atoms with Crippen molar-refractivity contribution in [1.29, 1.82) is 0 Å². The van der Waals surface area contributed by atoms with Crippen molar-refractivity contribution in [3.63, 3.8) is 0 Å². The molecule has 2 aromatic rings. The number of carbonyl (C=O) groups excluding carboxylic acids is 3. The zero-order chi connectivity index (χ0) is 26.9. The average molecular weight is 517 g/mol. The van der Waals surface area contributed by atoms with Crippen molar-refractivity contribution in [2.24, 2.45) is 11.5 Å². The monoisotopic (exact) mass is 516 g/mol. The van der Waals surface area contributed by atoms with Crippen LogP contribution in [0.2, 0.25) is 0 Å². The van der Waals surface area contributed by atoms with E-state index in [1.807, 2.05) is 24.3 Å². The summed E-state index contributed by atoms with van der Waals surface area (Å²) in [5.41, 5.74) is 12.8. The summed E-state index contributed by atoms with van der Waals surface area (Å²) in [6, 6.07) is 3.33. The Bertz CT molecular complexity index is 1100. The Balaban J connectivity index is 1.79. The van der Waals surface area contributed by atoms with Gasteiger partial charge in [0, 0.05) is 30.1 Å². The minimum atomic E-state index is -1.21. The largest absolute Gasteiger partial charge is 0.480 e. The predicted octanol–water partition coefficient (Wildman–Crippen LogP) is -0.796. The van der Waals surface area contributed by atoms with E-state index in [0.29, 0.717) is 32.2 Å². The Kier molecular flexibility index (Phi) is 10.0. The predicted molar refractivity (Wildman–Crippen MR) is 136 cm³/mol. The highest BCUT2D eigenvalue weighted by Gasteiger charge is 2.39. The highest BCUT2D eigenvalue weighted by Crippen LogP contribution is 2.23. The molecule has 9 N–H and O–H groups in total. The van der Waals surface area contributed by atoms with Gasteiger partial charge in [0.05, 0.1) is 6.61 Å². The summed E-state index contributed by atoms with van der Waals surface area (Å²) in [6.45, 7) is 0.123. The number of aliphatic hydroxyl groups is 1. The molecule has 12 heteroatoms. The number of para-hydroxylation sites is 1. The number of likely N-dealkylation sites (tertiary alicyclic amines) is 1. The molecule has 3 amide bonds. The van der Waals surface area contributed by atoms with Gasteiger partial charge in [-0.05, 0) is 50.3 Å². The fraction of sp³-hybridized carbons (Fsp3) is 0.520. The van der Waals surface area contributed by atoms with Crippen LogP contribution in [0.3, 0.4) is 0 Å². The van der Waals surface area contributed by atoms with Gasteiger partial charge in [-0.3, -0.25) is 14.4 Å². The molecule has 0 radical (unpaired) electrons. The van der Waals surface area contributed by atoms with Crippen LogP contribution in [-0.2, 0) is 25.6 Å². The lowest BCUT2D eigenvalue weighted by Gasteiger charge is -2.30. The fourth-order valence-electron chi connectivity index (χ4n) is 4.60. The lowest BCUT2D eigenvalue weighted by Crippen LogP contribution is -2.57. The lowest BCUT2D eigenvalue weighted by atomic mass is 10.0. The molecule has 3 rings (SSSR count). The number of hydrogen-bond acceptors (Lipinski definition) is 7. The van der Waals surface area contributed by atoms with Crippen molar-refractivity contribution in [2.45, 2.75) is 62.7 Å². The standard InChI is InChI=1S/C25H36N6O6/c26-10-4-3-8-19(25(36)37)29-23(34)21-9-5-11-31(21)24(35)20(30-22(33)17(27)14-32)12-15-13-28-18-7-2-1-6-16(15)18/h1-2,6-7,13,17,19-21,28,32H,3-5,8-12,14,26-27H2,(H,29,34)(H,30,33)(H,36,37)/t17-,19-,20-,21-/m0/s1. The first-order valence-electron chi connectivity index (χ1n) is 12.5. The molecule has 0 spiro atoms. The third-order valence-electron chi connectivity index (χ3n) is 6.65.